The van der Waals surface area contributed by atoms with E-state index in [1.54, 1.807) is 23.1 Å². The average Bonchev–Trinajstić information content (AvgIpc) is 3.12. The molecule has 0 N–H and O–H groups in total. The smallest absolute Gasteiger partial charge is 0.271 e. The second kappa shape index (κ2) is 11.6. The summed E-state index contributed by atoms with van der Waals surface area (Å²) in [5.74, 6) is 0.466. The molecule has 1 heterocycles. The summed E-state index contributed by atoms with van der Waals surface area (Å²) in [6.07, 6.45) is 3.50. The van der Waals surface area contributed by atoms with Gasteiger partial charge in [-0.2, -0.15) is 0 Å². The van der Waals surface area contributed by atoms with Crippen LogP contribution in [0.4, 0.5) is 11.4 Å². The van der Waals surface area contributed by atoms with E-state index < -0.39 is 0 Å². The molecule has 0 radical (unpaired) electrons. The first kappa shape index (κ1) is 27.0. The van der Waals surface area contributed by atoms with E-state index in [1.165, 1.54) is 11.8 Å². The van der Waals surface area contributed by atoms with Crippen LogP contribution in [-0.4, -0.2) is 17.7 Å². The summed E-state index contributed by atoms with van der Waals surface area (Å²) in [6.45, 7) is 7.90. The lowest BCUT2D eigenvalue weighted by molar-refractivity contribution is -0.113. The maximum absolute atomic E-state index is 13.6. The number of carbonyl (C=O) groups excluding carboxylic acids is 1. The van der Waals surface area contributed by atoms with Gasteiger partial charge in [0, 0.05) is 10.0 Å². The normalized spacial score (nSPS) is 15.7. The third kappa shape index (κ3) is 5.92. The number of nitrogens with zero attached hydrogens (tertiary/aromatic N) is 2. The Hall–Kier alpha value is -2.03. The number of amidine groups is 1. The van der Waals surface area contributed by atoms with Crippen LogP contribution in [0, 0.1) is 13.8 Å². The lowest BCUT2D eigenvalue weighted by Gasteiger charge is -2.16. The summed E-state index contributed by atoms with van der Waals surface area (Å²) in [5, 5.41) is 1.69. The van der Waals surface area contributed by atoms with Crippen molar-refractivity contribution in [2.75, 3.05) is 11.5 Å². The SMILES string of the molecule is C=CCOc1c(Br)cc(/C=C2/SC(=Nc3ccc(C)c(Cl)c3)N(c3ccc(C)c(Cl)c3)C2=O)cc1Br. The van der Waals surface area contributed by atoms with E-state index >= 15 is 0 Å². The summed E-state index contributed by atoms with van der Waals surface area (Å²) in [4.78, 5) is 20.5. The Kier molecular flexibility index (Phi) is 8.68. The Labute approximate surface area is 241 Å². The Morgan fingerprint density at radius 1 is 1.03 bits per heavy atom. The zero-order valence-electron chi connectivity index (χ0n) is 19.3. The van der Waals surface area contributed by atoms with Gasteiger partial charge >= 0.3 is 0 Å². The number of aliphatic imine (C=N–C) groups is 1. The fourth-order valence-electron chi connectivity index (χ4n) is 3.35. The summed E-state index contributed by atoms with van der Waals surface area (Å²) in [6, 6.07) is 14.9. The first-order chi connectivity index (χ1) is 17.2. The molecular formula is C27H20Br2Cl2N2O2S. The van der Waals surface area contributed by atoms with Crippen LogP contribution in [0.2, 0.25) is 10.0 Å². The summed E-state index contributed by atoms with van der Waals surface area (Å²) in [5.41, 5.74) is 3.98. The van der Waals surface area contributed by atoms with Crippen LogP contribution in [0.25, 0.3) is 6.08 Å². The molecule has 0 unspecified atom stereocenters. The van der Waals surface area contributed by atoms with Gasteiger partial charge in [-0.3, -0.25) is 9.69 Å². The zero-order chi connectivity index (χ0) is 26.0. The van der Waals surface area contributed by atoms with Crippen molar-refractivity contribution in [1.29, 1.82) is 0 Å². The fraction of sp³-hybridized carbons (Fsp3) is 0.111. The summed E-state index contributed by atoms with van der Waals surface area (Å²) < 4.78 is 7.22. The molecule has 0 aromatic heterocycles. The Bertz CT molecular complexity index is 1420. The molecule has 0 aliphatic carbocycles. The lowest BCUT2D eigenvalue weighted by atomic mass is 10.2. The Morgan fingerprint density at radius 2 is 1.67 bits per heavy atom. The number of hydrogen-bond donors (Lipinski definition) is 0. The molecule has 0 bridgehead atoms. The number of amides is 1. The van der Waals surface area contributed by atoms with Crippen LogP contribution in [0.1, 0.15) is 16.7 Å². The molecule has 1 saturated heterocycles. The van der Waals surface area contributed by atoms with Crippen molar-refractivity contribution in [3.8, 4) is 5.75 Å². The summed E-state index contributed by atoms with van der Waals surface area (Å²) in [7, 11) is 0. The minimum atomic E-state index is -0.198. The van der Waals surface area contributed by atoms with Crippen molar-refractivity contribution in [2.24, 2.45) is 4.99 Å². The molecule has 3 aromatic carbocycles. The molecule has 3 aromatic rings. The molecule has 0 spiro atoms. The standard InChI is InChI=1S/C27H20Br2Cl2N2O2S/c1-4-9-35-25-20(28)10-17(11-21(25)29)12-24-26(34)33(19-8-6-16(3)23(31)14-19)27(36-24)32-18-7-5-15(2)22(30)13-18/h4-8,10-14H,1,9H2,2-3H3/b24-12+,32-27?. The highest BCUT2D eigenvalue weighted by molar-refractivity contribution is 9.11. The van der Waals surface area contributed by atoms with Crippen LogP contribution < -0.4 is 9.64 Å². The highest BCUT2D eigenvalue weighted by Crippen LogP contribution is 2.40. The quantitative estimate of drug-likeness (QED) is 0.194. The van der Waals surface area contributed by atoms with Gasteiger partial charge in [0.25, 0.3) is 5.91 Å². The van der Waals surface area contributed by atoms with Gasteiger partial charge < -0.3 is 4.74 Å². The van der Waals surface area contributed by atoms with Gasteiger partial charge in [0.1, 0.15) is 12.4 Å². The number of carbonyl (C=O) groups is 1. The number of thioether (sulfide) groups is 1. The number of halogens is 4. The van der Waals surface area contributed by atoms with Gasteiger partial charge in [0.05, 0.1) is 25.2 Å². The predicted molar refractivity (Wildman–Crippen MR) is 160 cm³/mol. The van der Waals surface area contributed by atoms with E-state index in [-0.39, 0.29) is 5.91 Å². The third-order valence-electron chi connectivity index (χ3n) is 5.26. The maximum atomic E-state index is 13.6. The van der Waals surface area contributed by atoms with E-state index in [1.807, 2.05) is 56.3 Å². The lowest BCUT2D eigenvalue weighted by Crippen LogP contribution is -2.28. The highest BCUT2D eigenvalue weighted by atomic mass is 79.9. The molecule has 36 heavy (non-hydrogen) atoms. The topological polar surface area (TPSA) is 41.9 Å². The van der Waals surface area contributed by atoms with E-state index in [0.29, 0.717) is 43.8 Å². The van der Waals surface area contributed by atoms with Crippen molar-refractivity contribution >= 4 is 95.3 Å². The van der Waals surface area contributed by atoms with Crippen LogP contribution in [0.15, 0.2) is 80.0 Å². The van der Waals surface area contributed by atoms with Crippen LogP contribution in [0.5, 0.6) is 5.75 Å². The minimum Gasteiger partial charge on any atom is -0.487 e. The molecule has 1 fully saturated rings. The van der Waals surface area contributed by atoms with Gasteiger partial charge in [0.2, 0.25) is 0 Å². The Morgan fingerprint density at radius 3 is 2.28 bits per heavy atom. The number of anilines is 1. The summed E-state index contributed by atoms with van der Waals surface area (Å²) >= 11 is 21.1. The average molecular weight is 667 g/mol. The van der Waals surface area contributed by atoms with Crippen molar-refractivity contribution in [3.63, 3.8) is 0 Å². The van der Waals surface area contributed by atoms with Crippen molar-refractivity contribution < 1.29 is 9.53 Å². The monoisotopic (exact) mass is 664 g/mol. The first-order valence-corrected chi connectivity index (χ1v) is 13.9. The number of ether oxygens (including phenoxy) is 1. The van der Waals surface area contributed by atoms with Crippen LogP contribution >= 0.6 is 66.8 Å². The molecule has 4 nitrogen and oxygen atoms in total. The van der Waals surface area contributed by atoms with Crippen LogP contribution in [-0.2, 0) is 4.79 Å². The molecule has 1 amide bonds. The predicted octanol–water partition coefficient (Wildman–Crippen LogP) is 9.51. The zero-order valence-corrected chi connectivity index (χ0v) is 24.8. The molecule has 184 valence electrons. The van der Waals surface area contributed by atoms with Crippen LogP contribution in [0.3, 0.4) is 0 Å². The van der Waals surface area contributed by atoms with Gasteiger partial charge in [-0.1, -0.05) is 48.0 Å². The third-order valence-corrected chi connectivity index (χ3v) is 8.23. The first-order valence-electron chi connectivity index (χ1n) is 10.8. The van der Waals surface area contributed by atoms with E-state index in [0.717, 1.165) is 25.6 Å². The fourth-order valence-corrected chi connectivity index (χ4v) is 6.15. The van der Waals surface area contributed by atoms with E-state index in [9.17, 15) is 4.79 Å². The van der Waals surface area contributed by atoms with Gasteiger partial charge in [-0.05, 0) is 117 Å². The number of rotatable bonds is 6. The molecule has 0 atom stereocenters. The number of aryl methyl sites for hydroxylation is 2. The van der Waals surface area contributed by atoms with Crippen molar-refractivity contribution in [3.05, 3.63) is 102 Å². The highest BCUT2D eigenvalue weighted by Gasteiger charge is 2.35. The maximum Gasteiger partial charge on any atom is 0.271 e. The molecule has 1 aliphatic heterocycles. The molecule has 9 heteroatoms. The second-order valence-corrected chi connectivity index (χ2v) is 11.5. The van der Waals surface area contributed by atoms with Crippen molar-refractivity contribution in [2.45, 2.75) is 13.8 Å². The van der Waals surface area contributed by atoms with E-state index in [2.05, 4.69) is 38.4 Å². The van der Waals surface area contributed by atoms with Gasteiger partial charge in [-0.15, -0.1) is 0 Å². The largest absolute Gasteiger partial charge is 0.487 e. The number of benzene rings is 3. The molecule has 0 saturated carbocycles. The second-order valence-electron chi connectivity index (χ2n) is 7.93. The molecular weight excluding hydrogens is 647 g/mol. The minimum absolute atomic E-state index is 0.198. The molecule has 4 rings (SSSR count). The Balaban J connectivity index is 1.77. The van der Waals surface area contributed by atoms with Crippen molar-refractivity contribution in [1.82, 2.24) is 0 Å². The van der Waals surface area contributed by atoms with E-state index in [4.69, 9.17) is 32.9 Å². The van der Waals surface area contributed by atoms with Gasteiger partial charge in [-0.25, -0.2) is 4.99 Å². The van der Waals surface area contributed by atoms with Gasteiger partial charge in [0.15, 0.2) is 5.17 Å². The number of hydrogen-bond acceptors (Lipinski definition) is 4. The molecule has 1 aliphatic rings.